The summed E-state index contributed by atoms with van der Waals surface area (Å²) in [6, 6.07) is 0. The Labute approximate surface area is 91.4 Å². The summed E-state index contributed by atoms with van der Waals surface area (Å²) in [5.74, 6) is 0. The quantitative estimate of drug-likeness (QED) is 0.518. The molecule has 0 aromatic carbocycles. The van der Waals surface area contributed by atoms with E-state index >= 15 is 0 Å². The molecule has 2 atom stereocenters. The zero-order valence-electron chi connectivity index (χ0n) is 9.57. The second-order valence-electron chi connectivity index (χ2n) is 4.53. The summed E-state index contributed by atoms with van der Waals surface area (Å²) in [5.41, 5.74) is -0.539. The Hall–Kier alpha value is -0.670. The Morgan fingerprint density at radius 2 is 2.27 bits per heavy atom. The number of carbonyl (C=O) groups excluding carboxylic acids is 1. The number of hydrogen-bond acceptors (Lipinski definition) is 3. The monoisotopic (exact) mass is 212 g/mol. The number of carbonyl (C=O) groups is 1. The van der Waals surface area contributed by atoms with Gasteiger partial charge in [-0.05, 0) is 19.3 Å². The fourth-order valence-electron chi connectivity index (χ4n) is 1.58. The Morgan fingerprint density at radius 1 is 1.53 bits per heavy atom. The van der Waals surface area contributed by atoms with Gasteiger partial charge in [-0.1, -0.05) is 19.9 Å². The molecule has 3 heteroatoms. The van der Waals surface area contributed by atoms with Crippen molar-refractivity contribution in [3.05, 3.63) is 12.7 Å². The molecule has 0 aromatic rings. The van der Waals surface area contributed by atoms with Gasteiger partial charge in [-0.3, -0.25) is 0 Å². The third-order valence-electron chi connectivity index (χ3n) is 2.69. The lowest BCUT2D eigenvalue weighted by molar-refractivity contribution is -0.195. The van der Waals surface area contributed by atoms with E-state index in [1.54, 1.807) is 6.08 Å². The van der Waals surface area contributed by atoms with Crippen molar-refractivity contribution in [1.29, 1.82) is 0 Å². The Bertz CT molecular complexity index is 217. The molecule has 0 aromatic heterocycles. The minimum atomic E-state index is -0.539. The van der Waals surface area contributed by atoms with E-state index < -0.39 is 5.41 Å². The highest BCUT2D eigenvalue weighted by atomic mass is 16.7. The largest absolute Gasteiger partial charge is 0.353 e. The van der Waals surface area contributed by atoms with Crippen LogP contribution in [0.15, 0.2) is 12.7 Å². The summed E-state index contributed by atoms with van der Waals surface area (Å²) < 4.78 is 11.2. The number of ether oxygens (including phenoxy) is 2. The van der Waals surface area contributed by atoms with E-state index in [4.69, 9.17) is 9.47 Å². The minimum absolute atomic E-state index is 0.180. The Balaban J connectivity index is 2.52. The highest BCUT2D eigenvalue weighted by molar-refractivity contribution is 5.59. The van der Waals surface area contributed by atoms with E-state index in [0.717, 1.165) is 32.2 Å². The van der Waals surface area contributed by atoms with Crippen LogP contribution in [0.3, 0.4) is 0 Å². The van der Waals surface area contributed by atoms with Crippen LogP contribution in [0.2, 0.25) is 0 Å². The van der Waals surface area contributed by atoms with Crippen LogP contribution < -0.4 is 0 Å². The van der Waals surface area contributed by atoms with Gasteiger partial charge in [0.05, 0.1) is 11.5 Å². The van der Waals surface area contributed by atoms with Crippen LogP contribution in [0.25, 0.3) is 0 Å². The maximum Gasteiger partial charge on any atom is 0.158 e. The average Bonchev–Trinajstić information content (AvgIpc) is 2.27. The molecule has 0 N–H and O–H groups in total. The average molecular weight is 212 g/mol. The lowest BCUT2D eigenvalue weighted by Crippen LogP contribution is -2.37. The highest BCUT2D eigenvalue weighted by Crippen LogP contribution is 2.25. The molecule has 15 heavy (non-hydrogen) atoms. The first-order chi connectivity index (χ1) is 7.10. The van der Waals surface area contributed by atoms with Gasteiger partial charge in [0.2, 0.25) is 0 Å². The van der Waals surface area contributed by atoms with Crippen molar-refractivity contribution in [3.63, 3.8) is 0 Å². The molecule has 1 unspecified atom stereocenters. The van der Waals surface area contributed by atoms with Gasteiger partial charge in [-0.15, -0.1) is 6.58 Å². The molecule has 1 fully saturated rings. The van der Waals surface area contributed by atoms with Crippen molar-refractivity contribution >= 4 is 6.29 Å². The highest BCUT2D eigenvalue weighted by Gasteiger charge is 2.30. The van der Waals surface area contributed by atoms with Gasteiger partial charge in [0.1, 0.15) is 6.29 Å². The van der Waals surface area contributed by atoms with Gasteiger partial charge in [-0.2, -0.15) is 0 Å². The summed E-state index contributed by atoms with van der Waals surface area (Å²) in [7, 11) is 0. The molecule has 0 aliphatic carbocycles. The van der Waals surface area contributed by atoms with Crippen LogP contribution in [0.1, 0.15) is 33.1 Å². The van der Waals surface area contributed by atoms with Gasteiger partial charge in [0, 0.05) is 6.61 Å². The topological polar surface area (TPSA) is 35.5 Å². The van der Waals surface area contributed by atoms with E-state index in [1.165, 1.54) is 0 Å². The van der Waals surface area contributed by atoms with Crippen molar-refractivity contribution in [2.75, 3.05) is 6.61 Å². The molecule has 1 heterocycles. The fraction of sp³-hybridized carbons (Fsp3) is 0.750. The molecule has 0 bridgehead atoms. The molecule has 3 nitrogen and oxygen atoms in total. The molecule has 86 valence electrons. The van der Waals surface area contributed by atoms with E-state index in [9.17, 15) is 4.79 Å². The summed E-state index contributed by atoms with van der Waals surface area (Å²) in [4.78, 5) is 10.9. The number of aldehydes is 1. The van der Waals surface area contributed by atoms with Crippen LogP contribution >= 0.6 is 0 Å². The molecule has 1 saturated heterocycles. The van der Waals surface area contributed by atoms with Crippen LogP contribution in [0, 0.1) is 5.41 Å². The van der Waals surface area contributed by atoms with Crippen molar-refractivity contribution < 1.29 is 14.3 Å². The van der Waals surface area contributed by atoms with Gasteiger partial charge in [-0.25, -0.2) is 0 Å². The van der Waals surface area contributed by atoms with Crippen LogP contribution in [0.5, 0.6) is 0 Å². The molecule has 1 aliphatic heterocycles. The lowest BCUT2D eigenvalue weighted by Gasteiger charge is -2.32. The second-order valence-corrected chi connectivity index (χ2v) is 4.53. The summed E-state index contributed by atoms with van der Waals surface area (Å²) in [6.45, 7) is 8.13. The molecular formula is C12H20O3. The fourth-order valence-corrected chi connectivity index (χ4v) is 1.58. The smallest absolute Gasteiger partial charge is 0.158 e. The van der Waals surface area contributed by atoms with Gasteiger partial charge < -0.3 is 14.3 Å². The molecular weight excluding hydrogens is 192 g/mol. The molecule has 0 radical (unpaired) electrons. The van der Waals surface area contributed by atoms with Gasteiger partial charge in [0.15, 0.2) is 6.29 Å². The minimum Gasteiger partial charge on any atom is -0.353 e. The molecule has 1 rings (SSSR count). The second kappa shape index (κ2) is 5.42. The SMILES string of the molecule is C=C[C@H](OC1CCCCO1)C(C)(C)C=O. The van der Waals surface area contributed by atoms with E-state index in [-0.39, 0.29) is 12.4 Å². The van der Waals surface area contributed by atoms with Crippen molar-refractivity contribution in [1.82, 2.24) is 0 Å². The summed E-state index contributed by atoms with van der Waals surface area (Å²) in [6.07, 6.45) is 5.23. The molecule has 0 spiro atoms. The van der Waals surface area contributed by atoms with Crippen molar-refractivity contribution in [3.8, 4) is 0 Å². The van der Waals surface area contributed by atoms with Crippen molar-refractivity contribution in [2.45, 2.75) is 45.5 Å². The van der Waals surface area contributed by atoms with Gasteiger partial charge >= 0.3 is 0 Å². The van der Waals surface area contributed by atoms with E-state index in [2.05, 4.69) is 6.58 Å². The molecule has 0 saturated carbocycles. The Morgan fingerprint density at radius 3 is 2.73 bits per heavy atom. The first kappa shape index (κ1) is 12.4. The maximum atomic E-state index is 10.9. The predicted octanol–water partition coefficient (Wildman–Crippen LogP) is 2.31. The third kappa shape index (κ3) is 3.43. The zero-order chi connectivity index (χ0) is 11.3. The van der Waals surface area contributed by atoms with Gasteiger partial charge in [0.25, 0.3) is 0 Å². The predicted molar refractivity (Wildman–Crippen MR) is 58.5 cm³/mol. The zero-order valence-corrected chi connectivity index (χ0v) is 9.57. The van der Waals surface area contributed by atoms with E-state index in [1.807, 2.05) is 13.8 Å². The third-order valence-corrected chi connectivity index (χ3v) is 2.69. The van der Waals surface area contributed by atoms with Crippen LogP contribution in [-0.2, 0) is 14.3 Å². The summed E-state index contributed by atoms with van der Waals surface area (Å²) in [5, 5.41) is 0. The Kier molecular flexibility index (Phi) is 4.48. The van der Waals surface area contributed by atoms with Crippen LogP contribution in [-0.4, -0.2) is 25.3 Å². The number of hydrogen-bond donors (Lipinski definition) is 0. The first-order valence-electron chi connectivity index (χ1n) is 5.46. The first-order valence-corrected chi connectivity index (χ1v) is 5.46. The van der Waals surface area contributed by atoms with E-state index in [0.29, 0.717) is 0 Å². The lowest BCUT2D eigenvalue weighted by atomic mass is 9.88. The maximum absolute atomic E-state index is 10.9. The molecule has 0 amide bonds. The standard InChI is InChI=1S/C12H20O3/c1-4-10(12(2,3)9-13)15-11-7-5-6-8-14-11/h4,9-11H,1,5-8H2,2-3H3/t10-,11?/m0/s1. The molecule has 1 aliphatic rings. The number of rotatable bonds is 5. The van der Waals surface area contributed by atoms with Crippen molar-refractivity contribution in [2.24, 2.45) is 5.41 Å². The summed E-state index contributed by atoms with van der Waals surface area (Å²) >= 11 is 0. The van der Waals surface area contributed by atoms with Crippen LogP contribution in [0.4, 0.5) is 0 Å². The normalized spacial score (nSPS) is 24.5.